The van der Waals surface area contributed by atoms with E-state index >= 15 is 0 Å². The number of phenols is 2. The summed E-state index contributed by atoms with van der Waals surface area (Å²) in [6.45, 7) is 2.16. The highest BCUT2D eigenvalue weighted by Crippen LogP contribution is 2.52. The summed E-state index contributed by atoms with van der Waals surface area (Å²) >= 11 is 0. The number of benzene rings is 3. The van der Waals surface area contributed by atoms with Gasteiger partial charge < -0.3 is 20.1 Å². The molecule has 0 amide bonds. The molecular formula is C27H24O6. The van der Waals surface area contributed by atoms with Crippen molar-refractivity contribution < 1.29 is 29.6 Å². The van der Waals surface area contributed by atoms with Gasteiger partial charge in [0.05, 0.1) is 23.3 Å². The molecule has 168 valence electrons. The predicted octanol–water partition coefficient (Wildman–Crippen LogP) is 4.22. The molecule has 0 aliphatic heterocycles. The number of hydrogen-bond donors (Lipinski definition) is 3. The molecule has 3 N–H and O–H groups in total. The molecule has 33 heavy (non-hydrogen) atoms. The van der Waals surface area contributed by atoms with Gasteiger partial charge in [-0.3, -0.25) is 9.59 Å². The van der Waals surface area contributed by atoms with Crippen molar-refractivity contribution in [1.82, 2.24) is 0 Å². The van der Waals surface area contributed by atoms with Crippen LogP contribution >= 0.6 is 0 Å². The van der Waals surface area contributed by atoms with E-state index in [0.717, 1.165) is 5.56 Å². The van der Waals surface area contributed by atoms with Crippen LogP contribution in [-0.2, 0) is 17.8 Å². The Morgan fingerprint density at radius 2 is 1.48 bits per heavy atom. The van der Waals surface area contributed by atoms with Crippen LogP contribution in [0.25, 0.3) is 0 Å². The first-order valence-corrected chi connectivity index (χ1v) is 11.0. The Kier molecular flexibility index (Phi) is 5.07. The summed E-state index contributed by atoms with van der Waals surface area (Å²) in [5.41, 5.74) is 0.172. The van der Waals surface area contributed by atoms with Gasteiger partial charge in [0, 0.05) is 22.3 Å². The Morgan fingerprint density at radius 3 is 2.09 bits per heavy atom. The summed E-state index contributed by atoms with van der Waals surface area (Å²) in [5.74, 6) is -1.88. The zero-order chi connectivity index (χ0) is 23.3. The van der Waals surface area contributed by atoms with Gasteiger partial charge in [0.25, 0.3) is 0 Å². The van der Waals surface area contributed by atoms with Crippen molar-refractivity contribution in [2.75, 3.05) is 0 Å². The maximum atomic E-state index is 13.2. The van der Waals surface area contributed by atoms with Gasteiger partial charge >= 0.3 is 0 Å². The summed E-state index contributed by atoms with van der Waals surface area (Å²) in [5, 5.41) is 33.7. The molecule has 5 rings (SSSR count). The highest BCUT2D eigenvalue weighted by molar-refractivity contribution is 6.30. The zero-order valence-corrected chi connectivity index (χ0v) is 18.2. The first-order valence-electron chi connectivity index (χ1n) is 11.0. The van der Waals surface area contributed by atoms with E-state index in [4.69, 9.17) is 4.74 Å². The number of rotatable bonds is 4. The summed E-state index contributed by atoms with van der Waals surface area (Å²) in [6, 6.07) is 15.9. The molecule has 0 saturated carbocycles. The van der Waals surface area contributed by atoms with Gasteiger partial charge in [0.15, 0.2) is 11.6 Å². The minimum Gasteiger partial charge on any atom is -0.507 e. The number of carbonyl (C=O) groups is 2. The second kappa shape index (κ2) is 7.83. The number of carbonyl (C=O) groups excluding carboxylic acids is 2. The first kappa shape index (κ1) is 21.4. The van der Waals surface area contributed by atoms with Crippen LogP contribution in [0.4, 0.5) is 0 Å². The average molecular weight is 444 g/mol. The van der Waals surface area contributed by atoms with Crippen molar-refractivity contribution in [3.05, 3.63) is 93.5 Å². The molecule has 0 radical (unpaired) electrons. The fourth-order valence-electron chi connectivity index (χ4n) is 5.09. The minimum atomic E-state index is -1.29. The summed E-state index contributed by atoms with van der Waals surface area (Å²) in [7, 11) is 0. The standard InChI is InChI=1S/C27H24O6/c1-2-27(33-14-15-8-4-3-5-9-15)13-12-18-19(26(27)32)25(31)21-20(24(18)30)22(28)16-10-6-7-11-17(16)23(21)29/h3-11,26,30-32H,2,12-14H2,1H3/t26-,27-/m1/s1. The van der Waals surface area contributed by atoms with Gasteiger partial charge in [0.1, 0.15) is 17.6 Å². The van der Waals surface area contributed by atoms with Crippen LogP contribution in [0.15, 0.2) is 54.6 Å². The van der Waals surface area contributed by atoms with Gasteiger partial charge in [-0.05, 0) is 24.8 Å². The number of aromatic hydroxyl groups is 2. The van der Waals surface area contributed by atoms with Crippen LogP contribution in [0.3, 0.4) is 0 Å². The summed E-state index contributed by atoms with van der Waals surface area (Å²) in [6.07, 6.45) is -0.168. The van der Waals surface area contributed by atoms with Crippen LogP contribution in [0.2, 0.25) is 0 Å². The maximum absolute atomic E-state index is 13.2. The summed E-state index contributed by atoms with van der Waals surface area (Å²) < 4.78 is 6.22. The van der Waals surface area contributed by atoms with E-state index in [9.17, 15) is 24.9 Å². The lowest BCUT2D eigenvalue weighted by atomic mass is 9.72. The van der Waals surface area contributed by atoms with Crippen molar-refractivity contribution in [3.8, 4) is 11.5 Å². The summed E-state index contributed by atoms with van der Waals surface area (Å²) in [4.78, 5) is 26.4. The topological polar surface area (TPSA) is 104 Å². The molecule has 0 heterocycles. The molecule has 6 nitrogen and oxygen atoms in total. The van der Waals surface area contributed by atoms with Crippen LogP contribution < -0.4 is 0 Å². The Labute approximate surface area is 191 Å². The highest BCUT2D eigenvalue weighted by atomic mass is 16.5. The average Bonchev–Trinajstić information content (AvgIpc) is 2.84. The van der Waals surface area contributed by atoms with Crippen LogP contribution in [-0.4, -0.2) is 32.5 Å². The van der Waals surface area contributed by atoms with Crippen LogP contribution in [0.1, 0.15) is 74.4 Å². The third kappa shape index (κ3) is 3.09. The lowest BCUT2D eigenvalue weighted by molar-refractivity contribution is -0.146. The highest BCUT2D eigenvalue weighted by Gasteiger charge is 2.48. The first-order chi connectivity index (χ1) is 15.9. The fourth-order valence-corrected chi connectivity index (χ4v) is 5.09. The van der Waals surface area contributed by atoms with Gasteiger partial charge in [-0.15, -0.1) is 0 Å². The number of ketones is 2. The lowest BCUT2D eigenvalue weighted by Gasteiger charge is -2.42. The second-order valence-electron chi connectivity index (χ2n) is 8.64. The molecule has 0 spiro atoms. The third-order valence-electron chi connectivity index (χ3n) is 7.00. The van der Waals surface area contributed by atoms with Crippen molar-refractivity contribution in [3.63, 3.8) is 0 Å². The van der Waals surface area contributed by atoms with E-state index in [1.54, 1.807) is 12.1 Å². The molecule has 3 aromatic rings. The molecule has 0 bridgehead atoms. The largest absolute Gasteiger partial charge is 0.507 e. The molecule has 2 atom stereocenters. The molecule has 6 heteroatoms. The van der Waals surface area contributed by atoms with Gasteiger partial charge in [-0.25, -0.2) is 0 Å². The van der Waals surface area contributed by atoms with E-state index in [1.165, 1.54) is 12.1 Å². The van der Waals surface area contributed by atoms with Gasteiger partial charge in [0.2, 0.25) is 0 Å². The van der Waals surface area contributed by atoms with Crippen LogP contribution in [0, 0.1) is 0 Å². The zero-order valence-electron chi connectivity index (χ0n) is 18.2. The Morgan fingerprint density at radius 1 is 0.909 bits per heavy atom. The smallest absolute Gasteiger partial charge is 0.198 e. The van der Waals surface area contributed by atoms with Crippen molar-refractivity contribution in [2.45, 2.75) is 44.5 Å². The third-order valence-corrected chi connectivity index (χ3v) is 7.00. The fraction of sp³-hybridized carbons (Fsp3) is 0.259. The van der Waals surface area contributed by atoms with E-state index in [1.807, 2.05) is 37.3 Å². The minimum absolute atomic E-state index is 0.0629. The number of fused-ring (bicyclic) bond motifs is 3. The van der Waals surface area contributed by atoms with Crippen molar-refractivity contribution >= 4 is 11.6 Å². The molecule has 0 aromatic heterocycles. The Hall–Kier alpha value is -3.48. The van der Waals surface area contributed by atoms with E-state index in [2.05, 4.69) is 0 Å². The van der Waals surface area contributed by atoms with E-state index in [0.29, 0.717) is 12.8 Å². The predicted molar refractivity (Wildman–Crippen MR) is 121 cm³/mol. The lowest BCUT2D eigenvalue weighted by Crippen LogP contribution is -2.43. The Balaban J connectivity index is 1.61. The molecule has 0 saturated heterocycles. The maximum Gasteiger partial charge on any atom is 0.198 e. The normalized spacial score (nSPS) is 21.3. The van der Waals surface area contributed by atoms with Crippen LogP contribution in [0.5, 0.6) is 11.5 Å². The number of aliphatic hydroxyl groups is 1. The van der Waals surface area contributed by atoms with E-state index < -0.39 is 29.0 Å². The van der Waals surface area contributed by atoms with Crippen molar-refractivity contribution in [2.24, 2.45) is 0 Å². The monoisotopic (exact) mass is 444 g/mol. The molecule has 3 aromatic carbocycles. The second-order valence-corrected chi connectivity index (χ2v) is 8.64. The molecule has 2 aliphatic carbocycles. The number of hydrogen-bond acceptors (Lipinski definition) is 6. The Bertz CT molecular complexity index is 1280. The SMILES string of the molecule is CC[C@@]1(OCc2ccccc2)CCc2c(O)c3c(c(O)c2[C@H]1O)C(=O)c1ccccc1C3=O. The molecule has 2 aliphatic rings. The van der Waals surface area contributed by atoms with Gasteiger partial charge in [-0.1, -0.05) is 61.5 Å². The molecular weight excluding hydrogens is 420 g/mol. The van der Waals surface area contributed by atoms with E-state index in [-0.39, 0.29) is 52.2 Å². The van der Waals surface area contributed by atoms with Crippen molar-refractivity contribution in [1.29, 1.82) is 0 Å². The number of phenolic OH excluding ortho intramolecular Hbond substituents is 2. The molecule has 0 unspecified atom stereocenters. The number of ether oxygens (including phenoxy) is 1. The molecule has 0 fully saturated rings. The quantitative estimate of drug-likeness (QED) is 0.407. The van der Waals surface area contributed by atoms with Gasteiger partial charge in [-0.2, -0.15) is 0 Å². The number of aliphatic hydroxyl groups excluding tert-OH is 1.